The van der Waals surface area contributed by atoms with Gasteiger partial charge in [0.25, 0.3) is 11.8 Å². The molecule has 0 saturated carbocycles. The predicted molar refractivity (Wildman–Crippen MR) is 117 cm³/mol. The van der Waals surface area contributed by atoms with E-state index in [4.69, 9.17) is 0 Å². The van der Waals surface area contributed by atoms with Crippen molar-refractivity contribution >= 4 is 29.1 Å². The minimum atomic E-state index is -0.925. The van der Waals surface area contributed by atoms with Crippen molar-refractivity contribution in [1.29, 1.82) is 0 Å². The van der Waals surface area contributed by atoms with Gasteiger partial charge >= 0.3 is 0 Å². The summed E-state index contributed by atoms with van der Waals surface area (Å²) in [5.41, 5.74) is 4.37. The van der Waals surface area contributed by atoms with Gasteiger partial charge in [0.15, 0.2) is 12.1 Å². The molecular formula is C23H25N5O3. The fourth-order valence-corrected chi connectivity index (χ4v) is 4.01. The lowest BCUT2D eigenvalue weighted by molar-refractivity contribution is -0.123. The number of hydrogen-bond acceptors (Lipinski definition) is 6. The van der Waals surface area contributed by atoms with Crippen LogP contribution in [0.3, 0.4) is 0 Å². The van der Waals surface area contributed by atoms with Crippen molar-refractivity contribution in [2.24, 2.45) is 10.3 Å². The minimum Gasteiger partial charge on any atom is -0.324 e. The van der Waals surface area contributed by atoms with Crippen LogP contribution in [0.1, 0.15) is 36.5 Å². The smallest absolute Gasteiger partial charge is 0.263 e. The first-order valence-electron chi connectivity index (χ1n) is 10.3. The van der Waals surface area contributed by atoms with Gasteiger partial charge in [-0.2, -0.15) is 5.11 Å². The normalized spacial score (nSPS) is 20.0. The first-order chi connectivity index (χ1) is 14.7. The van der Waals surface area contributed by atoms with Crippen LogP contribution in [-0.4, -0.2) is 41.4 Å². The van der Waals surface area contributed by atoms with Gasteiger partial charge in [-0.05, 0) is 60.7 Å². The van der Waals surface area contributed by atoms with Crippen LogP contribution in [0, 0.1) is 13.8 Å². The van der Waals surface area contributed by atoms with Crippen LogP contribution >= 0.6 is 0 Å². The zero-order valence-electron chi connectivity index (χ0n) is 18.0. The molecule has 2 aliphatic heterocycles. The molecule has 0 spiro atoms. The number of hydrogen-bond donors (Lipinski definition) is 1. The highest BCUT2D eigenvalue weighted by molar-refractivity contribution is 6.25. The van der Waals surface area contributed by atoms with Gasteiger partial charge in [-0.1, -0.05) is 37.3 Å². The predicted octanol–water partition coefficient (Wildman–Crippen LogP) is 3.36. The van der Waals surface area contributed by atoms with Crippen LogP contribution in [0.2, 0.25) is 0 Å². The summed E-state index contributed by atoms with van der Waals surface area (Å²) in [4.78, 5) is 39.6. The van der Waals surface area contributed by atoms with Gasteiger partial charge in [0.2, 0.25) is 5.91 Å². The van der Waals surface area contributed by atoms with Crippen LogP contribution in [-0.2, 0) is 14.4 Å². The number of rotatable bonds is 5. The molecule has 1 N–H and O–H groups in total. The topological polar surface area (TPSA) is 94.4 Å². The summed E-state index contributed by atoms with van der Waals surface area (Å²) in [5.74, 6) is -0.826. The third-order valence-electron chi connectivity index (χ3n) is 5.49. The van der Waals surface area contributed by atoms with Crippen molar-refractivity contribution < 1.29 is 14.4 Å². The maximum Gasteiger partial charge on any atom is 0.263 e. The second-order valence-electron chi connectivity index (χ2n) is 8.37. The summed E-state index contributed by atoms with van der Waals surface area (Å²) in [6.07, 6.45) is 0. The number of fused-ring (bicyclic) bond motifs is 1. The summed E-state index contributed by atoms with van der Waals surface area (Å²) < 4.78 is 0. The molecule has 1 saturated heterocycles. The van der Waals surface area contributed by atoms with E-state index in [-0.39, 0.29) is 12.5 Å². The Morgan fingerprint density at radius 3 is 2.29 bits per heavy atom. The second kappa shape index (κ2) is 7.94. The average molecular weight is 419 g/mol. The Bertz CT molecular complexity index is 1060. The Hall–Kier alpha value is -3.55. The Morgan fingerprint density at radius 1 is 1.03 bits per heavy atom. The van der Waals surface area contributed by atoms with E-state index in [2.05, 4.69) is 29.5 Å². The maximum atomic E-state index is 13.1. The molecule has 0 radical (unpaired) electrons. The van der Waals surface area contributed by atoms with E-state index in [1.807, 2.05) is 44.2 Å². The SMILES string of the molecule is Cc1cc(C)cc(NC(=O)CN2N=N[C@H]3C(=O)N(c4ccc(C(C)C)cc4)C(=O)[C@H]32)c1. The number of imide groups is 1. The van der Waals surface area contributed by atoms with E-state index in [0.29, 0.717) is 17.3 Å². The molecule has 2 aromatic carbocycles. The Kier molecular flexibility index (Phi) is 5.31. The van der Waals surface area contributed by atoms with Gasteiger partial charge in [-0.25, -0.2) is 4.90 Å². The van der Waals surface area contributed by atoms with Crippen molar-refractivity contribution in [2.75, 3.05) is 16.8 Å². The monoisotopic (exact) mass is 419 g/mol. The lowest BCUT2D eigenvalue weighted by Crippen LogP contribution is -2.43. The molecule has 2 heterocycles. The summed E-state index contributed by atoms with van der Waals surface area (Å²) in [5, 5.41) is 12.0. The van der Waals surface area contributed by atoms with Crippen LogP contribution < -0.4 is 10.2 Å². The van der Waals surface area contributed by atoms with Gasteiger partial charge in [0.05, 0.1) is 5.69 Å². The molecule has 160 valence electrons. The fourth-order valence-electron chi connectivity index (χ4n) is 4.01. The van der Waals surface area contributed by atoms with Crippen LogP contribution in [0.5, 0.6) is 0 Å². The second-order valence-corrected chi connectivity index (χ2v) is 8.37. The van der Waals surface area contributed by atoms with E-state index in [1.54, 1.807) is 12.1 Å². The number of carbonyl (C=O) groups is 3. The Balaban J connectivity index is 1.48. The van der Waals surface area contributed by atoms with Gasteiger partial charge in [-0.15, -0.1) is 0 Å². The summed E-state index contributed by atoms with van der Waals surface area (Å²) in [6.45, 7) is 7.89. The lowest BCUT2D eigenvalue weighted by Gasteiger charge is -2.20. The molecule has 3 amide bonds. The number of nitrogens with one attached hydrogen (secondary N) is 1. The van der Waals surface area contributed by atoms with Gasteiger partial charge in [0, 0.05) is 5.69 Å². The fraction of sp³-hybridized carbons (Fsp3) is 0.348. The van der Waals surface area contributed by atoms with Crippen molar-refractivity contribution in [1.82, 2.24) is 5.01 Å². The first kappa shape index (κ1) is 20.7. The zero-order valence-corrected chi connectivity index (χ0v) is 18.0. The molecule has 0 aliphatic carbocycles. The number of amides is 3. The number of aryl methyl sites for hydroxylation is 2. The van der Waals surface area contributed by atoms with Crippen LogP contribution in [0.25, 0.3) is 0 Å². The van der Waals surface area contributed by atoms with E-state index in [1.165, 1.54) is 5.01 Å². The third-order valence-corrected chi connectivity index (χ3v) is 5.49. The number of benzene rings is 2. The molecule has 2 aromatic rings. The average Bonchev–Trinajstić information content (AvgIpc) is 3.21. The molecule has 2 atom stereocenters. The molecule has 8 nitrogen and oxygen atoms in total. The van der Waals surface area contributed by atoms with Crippen molar-refractivity contribution in [3.8, 4) is 0 Å². The molecule has 31 heavy (non-hydrogen) atoms. The quantitative estimate of drug-likeness (QED) is 0.752. The van der Waals surface area contributed by atoms with E-state index in [9.17, 15) is 14.4 Å². The number of nitrogens with zero attached hydrogens (tertiary/aromatic N) is 4. The molecule has 0 unspecified atom stereocenters. The highest BCUT2D eigenvalue weighted by Gasteiger charge is 2.55. The van der Waals surface area contributed by atoms with Gasteiger partial charge < -0.3 is 5.32 Å². The number of carbonyl (C=O) groups excluding carboxylic acids is 3. The highest BCUT2D eigenvalue weighted by atomic mass is 16.2. The molecular weight excluding hydrogens is 394 g/mol. The van der Waals surface area contributed by atoms with E-state index >= 15 is 0 Å². The summed E-state index contributed by atoms with van der Waals surface area (Å²) in [7, 11) is 0. The molecule has 4 rings (SSSR count). The lowest BCUT2D eigenvalue weighted by atomic mass is 10.0. The molecule has 2 aliphatic rings. The Morgan fingerprint density at radius 2 is 1.68 bits per heavy atom. The summed E-state index contributed by atoms with van der Waals surface area (Å²) in [6, 6.07) is 11.3. The van der Waals surface area contributed by atoms with E-state index < -0.39 is 23.9 Å². The maximum absolute atomic E-state index is 13.1. The van der Waals surface area contributed by atoms with Crippen molar-refractivity contribution in [2.45, 2.75) is 45.7 Å². The summed E-state index contributed by atoms with van der Waals surface area (Å²) >= 11 is 0. The van der Waals surface area contributed by atoms with Crippen molar-refractivity contribution in [3.63, 3.8) is 0 Å². The molecule has 1 fully saturated rings. The first-order valence-corrected chi connectivity index (χ1v) is 10.3. The zero-order chi connectivity index (χ0) is 22.3. The third kappa shape index (κ3) is 3.93. The molecule has 0 aromatic heterocycles. The van der Waals surface area contributed by atoms with E-state index in [0.717, 1.165) is 21.6 Å². The van der Waals surface area contributed by atoms with Crippen LogP contribution in [0.4, 0.5) is 11.4 Å². The molecule has 0 bridgehead atoms. The van der Waals surface area contributed by atoms with Crippen LogP contribution in [0.15, 0.2) is 52.8 Å². The standard InChI is InChI=1S/C23H25N5O3/c1-13(2)16-5-7-18(8-6-16)28-22(30)20-21(23(28)31)27(26-25-20)12-19(29)24-17-10-14(3)9-15(4)11-17/h5-11,13,20-21H,12H2,1-4H3,(H,24,29)/t20-,21+/m1/s1. The van der Waals surface area contributed by atoms with Crippen molar-refractivity contribution in [3.05, 3.63) is 59.2 Å². The number of anilines is 2. The highest BCUT2D eigenvalue weighted by Crippen LogP contribution is 2.32. The molecule has 8 heteroatoms. The van der Waals surface area contributed by atoms with Gasteiger partial charge in [-0.3, -0.25) is 19.4 Å². The largest absolute Gasteiger partial charge is 0.324 e. The minimum absolute atomic E-state index is 0.170. The Labute approximate surface area is 180 Å². The van der Waals surface area contributed by atoms with Gasteiger partial charge in [0.1, 0.15) is 6.54 Å².